The van der Waals surface area contributed by atoms with Gasteiger partial charge >= 0.3 is 0 Å². The number of hydrogen-bond acceptors (Lipinski definition) is 9. The van der Waals surface area contributed by atoms with E-state index < -0.39 is 48.4 Å². The van der Waals surface area contributed by atoms with Crippen LogP contribution in [0.3, 0.4) is 0 Å². The molecule has 2 saturated heterocycles. The van der Waals surface area contributed by atoms with Crippen molar-refractivity contribution >= 4 is 29.5 Å². The molecule has 0 aliphatic carbocycles. The van der Waals surface area contributed by atoms with Crippen molar-refractivity contribution in [2.45, 2.75) is 135 Å². The molecule has 1 aromatic rings. The van der Waals surface area contributed by atoms with Crippen molar-refractivity contribution in [3.8, 4) is 0 Å². The molecule has 0 spiro atoms. The average Bonchev–Trinajstić information content (AvgIpc) is 3.83. The van der Waals surface area contributed by atoms with Crippen molar-refractivity contribution in [3.63, 3.8) is 0 Å². The van der Waals surface area contributed by atoms with Crippen LogP contribution in [0.25, 0.3) is 0 Å². The highest BCUT2D eigenvalue weighted by Crippen LogP contribution is 2.30. The lowest BCUT2D eigenvalue weighted by Gasteiger charge is -2.41. The second kappa shape index (κ2) is 20.9. The first-order valence-electron chi connectivity index (χ1n) is 19.5. The van der Waals surface area contributed by atoms with Crippen LogP contribution in [0.5, 0.6) is 0 Å². The van der Waals surface area contributed by atoms with E-state index in [0.29, 0.717) is 37.9 Å². The van der Waals surface area contributed by atoms with Gasteiger partial charge in [-0.25, -0.2) is 0 Å². The maximum absolute atomic E-state index is 14.2. The van der Waals surface area contributed by atoms with Crippen LogP contribution in [0.1, 0.15) is 92.2 Å². The number of aliphatic hydroxyl groups excluding tert-OH is 1. The highest BCUT2D eigenvalue weighted by atomic mass is 16.5. The molecule has 0 bridgehead atoms. The van der Waals surface area contributed by atoms with Gasteiger partial charge in [-0.2, -0.15) is 0 Å². The van der Waals surface area contributed by atoms with Gasteiger partial charge in [0.2, 0.25) is 29.5 Å². The standard InChI is InChI=1S/C40H66N6O8/c1-11-24(4)35(45(8)40(52)33(23(2)3)44-39(51)34-29(19-20-41-34)43-27(7)47)31(53-9)22-32(48)46-21-15-18-30(46)37(54-10)25(5)38(50)42-26(6)36(49)28-16-13-12-14-17-28/h12-14,16-17,23-26,29-31,33-37,41,49H,11,15,18-22H2,1-10H3,(H,42,50)(H,43,47)(H,44,51)/t24-,25+,26+,29?,30-,31+,33-,34?,35-,36+,37+/m0/s1. The van der Waals surface area contributed by atoms with E-state index in [1.807, 2.05) is 58.0 Å². The smallest absolute Gasteiger partial charge is 0.245 e. The Balaban J connectivity index is 1.74. The minimum atomic E-state index is -0.888. The Hall–Kier alpha value is -3.59. The summed E-state index contributed by atoms with van der Waals surface area (Å²) < 4.78 is 11.9. The highest BCUT2D eigenvalue weighted by Gasteiger charge is 2.43. The summed E-state index contributed by atoms with van der Waals surface area (Å²) in [5.74, 6) is -2.24. The summed E-state index contributed by atoms with van der Waals surface area (Å²) >= 11 is 0. The van der Waals surface area contributed by atoms with Crippen molar-refractivity contribution in [1.29, 1.82) is 0 Å². The molecule has 304 valence electrons. The van der Waals surface area contributed by atoms with Crippen molar-refractivity contribution in [2.75, 3.05) is 34.4 Å². The molecule has 5 amide bonds. The number of nitrogens with zero attached hydrogens (tertiary/aromatic N) is 2. The summed E-state index contributed by atoms with van der Waals surface area (Å²) in [6.07, 6.45) is 0.570. The number of ether oxygens (including phenoxy) is 2. The molecule has 54 heavy (non-hydrogen) atoms. The minimum Gasteiger partial charge on any atom is -0.386 e. The molecule has 2 fully saturated rings. The SMILES string of the molecule is CC[C@H](C)[C@@H]([C@@H](CC(=O)N1CCC[C@H]1[C@H](OC)[C@@H](C)C(=O)N[C@H](C)[C@@H](O)c1ccccc1)OC)N(C)C(=O)[C@@H](NC(=O)C1NCCC1NC(C)=O)C(C)C. The number of carbonyl (C=O) groups is 5. The molecule has 2 aliphatic rings. The lowest BCUT2D eigenvalue weighted by atomic mass is 9.89. The number of aliphatic hydroxyl groups is 1. The second-order valence-electron chi connectivity index (χ2n) is 15.5. The van der Waals surface area contributed by atoms with Gasteiger partial charge in [-0.1, -0.05) is 71.4 Å². The molecular weight excluding hydrogens is 692 g/mol. The lowest BCUT2D eigenvalue weighted by molar-refractivity contribution is -0.147. The molecule has 14 nitrogen and oxygen atoms in total. The maximum atomic E-state index is 14.2. The fourth-order valence-electron chi connectivity index (χ4n) is 8.05. The van der Waals surface area contributed by atoms with Crippen LogP contribution in [-0.2, 0) is 33.4 Å². The number of amides is 5. The first-order chi connectivity index (χ1) is 25.6. The largest absolute Gasteiger partial charge is 0.386 e. The van der Waals surface area contributed by atoms with Gasteiger partial charge in [-0.15, -0.1) is 0 Å². The average molecular weight is 759 g/mol. The summed E-state index contributed by atoms with van der Waals surface area (Å²) in [5, 5.41) is 22.7. The van der Waals surface area contributed by atoms with E-state index in [4.69, 9.17) is 9.47 Å². The molecule has 3 rings (SSSR count). The Kier molecular flexibility index (Phi) is 17.4. The molecule has 0 saturated carbocycles. The monoisotopic (exact) mass is 758 g/mol. The Morgan fingerprint density at radius 3 is 2.24 bits per heavy atom. The third kappa shape index (κ3) is 11.2. The van der Waals surface area contributed by atoms with Gasteiger partial charge in [-0.05, 0) is 50.1 Å². The van der Waals surface area contributed by atoms with Gasteiger partial charge in [0.05, 0.1) is 54.8 Å². The van der Waals surface area contributed by atoms with Crippen LogP contribution in [0.2, 0.25) is 0 Å². The third-order valence-corrected chi connectivity index (χ3v) is 11.4. The molecule has 2 heterocycles. The second-order valence-corrected chi connectivity index (χ2v) is 15.5. The highest BCUT2D eigenvalue weighted by molar-refractivity contribution is 5.91. The maximum Gasteiger partial charge on any atom is 0.245 e. The zero-order chi connectivity index (χ0) is 40.3. The first kappa shape index (κ1) is 44.8. The zero-order valence-corrected chi connectivity index (χ0v) is 34.0. The number of methoxy groups -OCH3 is 2. The number of nitrogens with one attached hydrogen (secondary N) is 4. The Labute approximate surface area is 321 Å². The van der Waals surface area contributed by atoms with E-state index in [1.165, 1.54) is 14.0 Å². The molecule has 0 aromatic heterocycles. The summed E-state index contributed by atoms with van der Waals surface area (Å²) in [4.78, 5) is 70.5. The Morgan fingerprint density at radius 1 is 1.00 bits per heavy atom. The topological polar surface area (TPSA) is 179 Å². The van der Waals surface area contributed by atoms with Gasteiger partial charge in [0.25, 0.3) is 0 Å². The molecular formula is C40H66N6O8. The van der Waals surface area contributed by atoms with Crippen LogP contribution >= 0.6 is 0 Å². The molecule has 14 heteroatoms. The molecule has 5 N–H and O–H groups in total. The lowest BCUT2D eigenvalue weighted by Crippen LogP contribution is -2.60. The van der Waals surface area contributed by atoms with Crippen LogP contribution in [0.15, 0.2) is 30.3 Å². The van der Waals surface area contributed by atoms with Gasteiger partial charge < -0.3 is 45.6 Å². The normalized spacial score (nSPS) is 23.0. The van der Waals surface area contributed by atoms with Crippen molar-refractivity contribution in [1.82, 2.24) is 31.1 Å². The van der Waals surface area contributed by atoms with Gasteiger partial charge in [0.15, 0.2) is 0 Å². The number of rotatable bonds is 19. The van der Waals surface area contributed by atoms with E-state index in [-0.39, 0.29) is 59.9 Å². The molecule has 2 aliphatic heterocycles. The molecule has 2 unspecified atom stereocenters. The van der Waals surface area contributed by atoms with E-state index in [9.17, 15) is 29.1 Å². The van der Waals surface area contributed by atoms with Gasteiger partial charge in [0, 0.05) is 34.7 Å². The number of likely N-dealkylation sites (tertiary alicyclic amines) is 1. The quantitative estimate of drug-likeness (QED) is 0.142. The molecule has 11 atom stereocenters. The van der Waals surface area contributed by atoms with Crippen molar-refractivity contribution in [3.05, 3.63) is 35.9 Å². The Bertz CT molecular complexity index is 1400. The van der Waals surface area contributed by atoms with Crippen molar-refractivity contribution in [2.24, 2.45) is 17.8 Å². The zero-order valence-electron chi connectivity index (χ0n) is 34.0. The third-order valence-electron chi connectivity index (χ3n) is 11.4. The summed E-state index contributed by atoms with van der Waals surface area (Å²) in [6.45, 7) is 13.8. The molecule has 0 radical (unpaired) electrons. The number of benzene rings is 1. The van der Waals surface area contributed by atoms with Gasteiger partial charge in [0.1, 0.15) is 12.1 Å². The fraction of sp³-hybridized carbons (Fsp3) is 0.725. The van der Waals surface area contributed by atoms with Crippen LogP contribution < -0.4 is 21.3 Å². The number of likely N-dealkylation sites (N-methyl/N-ethyl adjacent to an activating group) is 1. The van der Waals surface area contributed by atoms with Crippen LogP contribution in [-0.4, -0.2) is 127 Å². The first-order valence-corrected chi connectivity index (χ1v) is 19.5. The van der Waals surface area contributed by atoms with Gasteiger partial charge in [-0.3, -0.25) is 24.0 Å². The van der Waals surface area contributed by atoms with Crippen LogP contribution in [0.4, 0.5) is 0 Å². The number of hydrogen-bond donors (Lipinski definition) is 5. The fourth-order valence-corrected chi connectivity index (χ4v) is 8.05. The summed E-state index contributed by atoms with van der Waals surface area (Å²) in [7, 11) is 4.78. The van der Waals surface area contributed by atoms with Crippen LogP contribution in [0, 0.1) is 17.8 Å². The summed E-state index contributed by atoms with van der Waals surface area (Å²) in [5.41, 5.74) is 0.701. The predicted octanol–water partition coefficient (Wildman–Crippen LogP) is 2.15. The number of carbonyl (C=O) groups excluding carboxylic acids is 5. The van der Waals surface area contributed by atoms with E-state index in [1.54, 1.807) is 37.8 Å². The van der Waals surface area contributed by atoms with E-state index in [2.05, 4.69) is 21.3 Å². The van der Waals surface area contributed by atoms with Crippen molar-refractivity contribution < 1.29 is 38.6 Å². The molecule has 1 aromatic carbocycles. The Morgan fingerprint density at radius 2 is 1.67 bits per heavy atom. The van der Waals surface area contributed by atoms with E-state index >= 15 is 0 Å². The van der Waals surface area contributed by atoms with E-state index in [0.717, 1.165) is 6.42 Å². The predicted molar refractivity (Wildman–Crippen MR) is 206 cm³/mol. The minimum absolute atomic E-state index is 0.0000344. The summed E-state index contributed by atoms with van der Waals surface area (Å²) in [6, 6.07) is 5.86.